The monoisotopic (exact) mass is 410 g/mol. The molecular weight excluding hydrogens is 380 g/mol. The van der Waals surface area contributed by atoms with E-state index >= 15 is 0 Å². The van der Waals surface area contributed by atoms with E-state index < -0.39 is 0 Å². The van der Waals surface area contributed by atoms with Crippen LogP contribution in [0, 0.1) is 0 Å². The Balaban J connectivity index is 1.42. The number of methoxy groups -OCH3 is 2. The Morgan fingerprint density at radius 2 is 1.67 bits per heavy atom. The predicted molar refractivity (Wildman–Crippen MR) is 117 cm³/mol. The van der Waals surface area contributed by atoms with Crippen LogP contribution in [0.25, 0.3) is 0 Å². The number of rotatable bonds is 6. The van der Waals surface area contributed by atoms with Gasteiger partial charge in [-0.3, -0.25) is 0 Å². The number of hydrogen-bond acceptors (Lipinski definition) is 4. The van der Waals surface area contributed by atoms with Crippen LogP contribution in [0.3, 0.4) is 0 Å². The molecule has 1 saturated carbocycles. The van der Waals surface area contributed by atoms with Gasteiger partial charge in [0.25, 0.3) is 0 Å². The average Bonchev–Trinajstić information content (AvgIpc) is 3.46. The minimum absolute atomic E-state index is 0.0178. The Morgan fingerprint density at radius 3 is 2.37 bits per heavy atom. The number of carbonyl (C=O) groups is 1. The summed E-state index contributed by atoms with van der Waals surface area (Å²) in [4.78, 5) is 14.9. The first kappa shape index (κ1) is 20.4. The molecule has 1 atom stereocenters. The molecule has 2 aromatic carbocycles. The highest BCUT2D eigenvalue weighted by Gasteiger charge is 2.32. The van der Waals surface area contributed by atoms with Crippen molar-refractivity contribution in [2.24, 2.45) is 0 Å². The van der Waals surface area contributed by atoms with Crippen molar-refractivity contribution in [1.29, 1.82) is 0 Å². The van der Waals surface area contributed by atoms with Gasteiger partial charge in [-0.25, -0.2) is 4.79 Å². The molecule has 2 aromatic rings. The van der Waals surface area contributed by atoms with Crippen LogP contribution in [0.2, 0.25) is 0 Å². The van der Waals surface area contributed by atoms with E-state index in [0.717, 1.165) is 54.2 Å². The van der Waals surface area contributed by atoms with Gasteiger partial charge >= 0.3 is 6.03 Å². The van der Waals surface area contributed by atoms with Gasteiger partial charge in [0, 0.05) is 23.9 Å². The predicted octanol–water partition coefficient (Wildman–Crippen LogP) is 5.39. The lowest BCUT2D eigenvalue weighted by molar-refractivity contribution is 0.205. The fourth-order valence-electron chi connectivity index (χ4n) is 4.44. The van der Waals surface area contributed by atoms with Crippen molar-refractivity contribution in [3.63, 3.8) is 0 Å². The van der Waals surface area contributed by atoms with Crippen LogP contribution in [0.15, 0.2) is 42.5 Å². The smallest absolute Gasteiger partial charge is 0.322 e. The summed E-state index contributed by atoms with van der Waals surface area (Å²) in [5.74, 6) is 2.35. The van der Waals surface area contributed by atoms with Crippen molar-refractivity contribution in [3.05, 3.63) is 48.0 Å². The number of hydrogen-bond donors (Lipinski definition) is 1. The number of nitrogens with one attached hydrogen (secondary N) is 1. The summed E-state index contributed by atoms with van der Waals surface area (Å²) >= 11 is 0. The van der Waals surface area contributed by atoms with Crippen molar-refractivity contribution in [2.75, 3.05) is 26.1 Å². The molecule has 6 nitrogen and oxygen atoms in total. The van der Waals surface area contributed by atoms with Crippen LogP contribution < -0.4 is 19.5 Å². The van der Waals surface area contributed by atoms with Gasteiger partial charge in [0.15, 0.2) is 0 Å². The largest absolute Gasteiger partial charge is 0.497 e. The lowest BCUT2D eigenvalue weighted by atomic mass is 10.0. The SMILES string of the molecule is COc1ccc(C2CCCN2C(=O)Nc2ccc(OC3CCCC3)cc2)c(OC)c1. The Hall–Kier alpha value is -2.89. The summed E-state index contributed by atoms with van der Waals surface area (Å²) in [6.45, 7) is 0.717. The molecule has 0 radical (unpaired) electrons. The molecule has 30 heavy (non-hydrogen) atoms. The minimum atomic E-state index is -0.0974. The van der Waals surface area contributed by atoms with E-state index in [1.165, 1.54) is 12.8 Å². The third-order valence-corrected chi connectivity index (χ3v) is 6.02. The van der Waals surface area contributed by atoms with Crippen LogP contribution in [0.4, 0.5) is 10.5 Å². The molecule has 0 bridgehead atoms. The van der Waals surface area contributed by atoms with Gasteiger partial charge < -0.3 is 24.4 Å². The van der Waals surface area contributed by atoms with Crippen molar-refractivity contribution in [1.82, 2.24) is 4.90 Å². The molecule has 1 unspecified atom stereocenters. The zero-order valence-electron chi connectivity index (χ0n) is 17.7. The van der Waals surface area contributed by atoms with E-state index in [0.29, 0.717) is 12.6 Å². The second kappa shape index (κ2) is 9.28. The quantitative estimate of drug-likeness (QED) is 0.693. The van der Waals surface area contributed by atoms with E-state index in [9.17, 15) is 4.79 Å². The first-order valence-corrected chi connectivity index (χ1v) is 10.7. The standard InChI is InChI=1S/C24H30N2O4/c1-28-20-13-14-21(23(16-20)29-2)22-8-5-15-26(22)24(27)25-17-9-11-19(12-10-17)30-18-6-3-4-7-18/h9-14,16,18,22H,3-8,15H2,1-2H3,(H,25,27). The molecule has 1 heterocycles. The van der Waals surface area contributed by atoms with Gasteiger partial charge in [-0.1, -0.05) is 0 Å². The normalized spacial score (nSPS) is 19.0. The zero-order valence-corrected chi connectivity index (χ0v) is 17.7. The molecule has 160 valence electrons. The summed E-state index contributed by atoms with van der Waals surface area (Å²) in [7, 11) is 3.28. The number of amides is 2. The molecule has 1 aliphatic carbocycles. The third kappa shape index (κ3) is 4.48. The maximum absolute atomic E-state index is 13.0. The number of anilines is 1. The first-order valence-electron chi connectivity index (χ1n) is 10.7. The number of benzene rings is 2. The van der Waals surface area contributed by atoms with Crippen molar-refractivity contribution in [2.45, 2.75) is 50.7 Å². The molecule has 2 amide bonds. The highest BCUT2D eigenvalue weighted by atomic mass is 16.5. The summed E-state index contributed by atoms with van der Waals surface area (Å²) < 4.78 is 16.9. The molecule has 4 rings (SSSR count). The summed E-state index contributed by atoms with van der Waals surface area (Å²) in [6.07, 6.45) is 6.94. The second-order valence-corrected chi connectivity index (χ2v) is 7.94. The fourth-order valence-corrected chi connectivity index (χ4v) is 4.44. The number of ether oxygens (including phenoxy) is 3. The summed E-state index contributed by atoms with van der Waals surface area (Å²) in [5.41, 5.74) is 1.78. The maximum Gasteiger partial charge on any atom is 0.322 e. The van der Waals surface area contributed by atoms with E-state index in [4.69, 9.17) is 14.2 Å². The van der Waals surface area contributed by atoms with E-state index in [1.807, 2.05) is 47.4 Å². The Labute approximate surface area is 178 Å². The van der Waals surface area contributed by atoms with Crippen molar-refractivity contribution < 1.29 is 19.0 Å². The third-order valence-electron chi connectivity index (χ3n) is 6.02. The summed E-state index contributed by atoms with van der Waals surface area (Å²) in [5, 5.41) is 3.03. The molecule has 1 saturated heterocycles. The van der Waals surface area contributed by atoms with Crippen LogP contribution in [0.5, 0.6) is 17.2 Å². The van der Waals surface area contributed by atoms with Crippen molar-refractivity contribution in [3.8, 4) is 17.2 Å². The van der Waals surface area contributed by atoms with Gasteiger partial charge in [-0.2, -0.15) is 0 Å². The fraction of sp³-hybridized carbons (Fsp3) is 0.458. The van der Waals surface area contributed by atoms with Gasteiger partial charge in [0.05, 0.1) is 26.4 Å². The van der Waals surface area contributed by atoms with Crippen LogP contribution in [0.1, 0.15) is 50.1 Å². The van der Waals surface area contributed by atoms with Crippen LogP contribution in [-0.4, -0.2) is 37.8 Å². The Kier molecular flexibility index (Phi) is 6.31. The van der Waals surface area contributed by atoms with Crippen molar-refractivity contribution >= 4 is 11.7 Å². The van der Waals surface area contributed by atoms with Gasteiger partial charge in [-0.15, -0.1) is 0 Å². The molecule has 1 aliphatic heterocycles. The molecule has 2 fully saturated rings. The van der Waals surface area contributed by atoms with E-state index in [-0.39, 0.29) is 12.1 Å². The number of nitrogens with zero attached hydrogens (tertiary/aromatic N) is 1. The van der Waals surface area contributed by atoms with Gasteiger partial charge in [0.1, 0.15) is 17.2 Å². The molecule has 0 spiro atoms. The van der Waals surface area contributed by atoms with Crippen LogP contribution in [-0.2, 0) is 0 Å². The molecule has 2 aliphatic rings. The summed E-state index contributed by atoms with van der Waals surface area (Å²) in [6, 6.07) is 13.3. The second-order valence-electron chi connectivity index (χ2n) is 7.94. The number of carbonyl (C=O) groups excluding carboxylic acids is 1. The van der Waals surface area contributed by atoms with E-state index in [2.05, 4.69) is 5.32 Å². The molecular formula is C24H30N2O4. The van der Waals surface area contributed by atoms with Crippen LogP contribution >= 0.6 is 0 Å². The van der Waals surface area contributed by atoms with E-state index in [1.54, 1.807) is 14.2 Å². The molecule has 6 heteroatoms. The lowest BCUT2D eigenvalue weighted by Crippen LogP contribution is -2.34. The molecule has 1 N–H and O–H groups in total. The van der Waals surface area contributed by atoms with Gasteiger partial charge in [0.2, 0.25) is 0 Å². The van der Waals surface area contributed by atoms with Gasteiger partial charge in [-0.05, 0) is 74.9 Å². The lowest BCUT2D eigenvalue weighted by Gasteiger charge is -2.27. The highest BCUT2D eigenvalue weighted by Crippen LogP contribution is 2.39. The number of urea groups is 1. The maximum atomic E-state index is 13.0. The topological polar surface area (TPSA) is 60.0 Å². The average molecular weight is 411 g/mol. The zero-order chi connectivity index (χ0) is 20.9. The Morgan fingerprint density at radius 1 is 0.933 bits per heavy atom. The highest BCUT2D eigenvalue weighted by molar-refractivity contribution is 5.90. The first-order chi connectivity index (χ1) is 14.7. The minimum Gasteiger partial charge on any atom is -0.497 e. The Bertz CT molecular complexity index is 862. The number of likely N-dealkylation sites (tertiary alicyclic amines) is 1. The molecule has 0 aromatic heterocycles.